The van der Waals surface area contributed by atoms with Gasteiger partial charge in [-0.2, -0.15) is 0 Å². The minimum atomic E-state index is -0.991. The molecule has 1 aromatic carbocycles. The first-order valence-electron chi connectivity index (χ1n) is 6.58. The van der Waals surface area contributed by atoms with Crippen LogP contribution < -0.4 is 4.90 Å². The Balaban J connectivity index is 1.78. The average Bonchev–Trinajstić information content (AvgIpc) is 2.96. The van der Waals surface area contributed by atoms with Crippen molar-refractivity contribution in [2.75, 3.05) is 17.2 Å². The van der Waals surface area contributed by atoms with Gasteiger partial charge < -0.3 is 14.7 Å². The van der Waals surface area contributed by atoms with E-state index in [2.05, 4.69) is 0 Å². The van der Waals surface area contributed by atoms with Crippen molar-refractivity contribution in [1.82, 2.24) is 0 Å². The Morgan fingerprint density at radius 1 is 1.25 bits per heavy atom. The fourth-order valence-electron chi connectivity index (χ4n) is 2.57. The largest absolute Gasteiger partial charge is 0.479 e. The van der Waals surface area contributed by atoms with Crippen molar-refractivity contribution >= 4 is 29.3 Å². The quantitative estimate of drug-likeness (QED) is 0.900. The van der Waals surface area contributed by atoms with Gasteiger partial charge in [-0.15, -0.1) is 11.8 Å². The minimum absolute atomic E-state index is 0.124. The van der Waals surface area contributed by atoms with Crippen LogP contribution in [0.4, 0.5) is 5.69 Å². The molecule has 1 aromatic rings. The Morgan fingerprint density at radius 3 is 2.75 bits per heavy atom. The third-order valence-corrected chi connectivity index (χ3v) is 4.61. The number of ether oxygens (including phenoxy) is 1. The standard InChI is InChI=1S/C14H15NO4S/c16-13(10-5-6-11(19-10)14(17)18)15-7-8-20-12-4-2-1-3-9(12)15/h1-4,10-11H,5-8H2,(H,17,18). The number of nitrogens with zero attached hydrogens (tertiary/aromatic N) is 1. The van der Waals surface area contributed by atoms with Gasteiger partial charge in [0.25, 0.3) is 5.91 Å². The van der Waals surface area contributed by atoms with Crippen LogP contribution in [0.15, 0.2) is 29.2 Å². The lowest BCUT2D eigenvalue weighted by molar-refractivity contribution is -0.151. The van der Waals surface area contributed by atoms with Crippen molar-refractivity contribution in [1.29, 1.82) is 0 Å². The number of fused-ring (bicyclic) bond motifs is 1. The number of amides is 1. The number of hydrogen-bond acceptors (Lipinski definition) is 4. The van der Waals surface area contributed by atoms with E-state index in [1.807, 2.05) is 24.3 Å². The molecule has 5 nitrogen and oxygen atoms in total. The van der Waals surface area contributed by atoms with Gasteiger partial charge in [-0.25, -0.2) is 4.79 Å². The Kier molecular flexibility index (Phi) is 3.67. The Labute approximate surface area is 120 Å². The fraction of sp³-hybridized carbons (Fsp3) is 0.429. The van der Waals surface area contributed by atoms with Gasteiger partial charge in [-0.1, -0.05) is 12.1 Å². The first-order valence-corrected chi connectivity index (χ1v) is 7.57. The molecule has 1 amide bonds. The molecule has 3 rings (SSSR count). The number of carbonyl (C=O) groups excluding carboxylic acids is 1. The summed E-state index contributed by atoms with van der Waals surface area (Å²) in [5.41, 5.74) is 0.899. The number of benzene rings is 1. The van der Waals surface area contributed by atoms with E-state index in [1.54, 1.807) is 16.7 Å². The highest BCUT2D eigenvalue weighted by molar-refractivity contribution is 7.99. The molecule has 6 heteroatoms. The van der Waals surface area contributed by atoms with E-state index in [-0.39, 0.29) is 5.91 Å². The molecule has 2 heterocycles. The van der Waals surface area contributed by atoms with Crippen LogP contribution in [0.25, 0.3) is 0 Å². The van der Waals surface area contributed by atoms with Crippen molar-refractivity contribution in [3.63, 3.8) is 0 Å². The van der Waals surface area contributed by atoms with E-state index < -0.39 is 18.2 Å². The van der Waals surface area contributed by atoms with Crippen molar-refractivity contribution in [3.05, 3.63) is 24.3 Å². The van der Waals surface area contributed by atoms with Crippen molar-refractivity contribution < 1.29 is 19.4 Å². The summed E-state index contributed by atoms with van der Waals surface area (Å²) in [5.74, 6) is -0.269. The summed E-state index contributed by atoms with van der Waals surface area (Å²) >= 11 is 1.73. The number of carboxylic acids is 1. The lowest BCUT2D eigenvalue weighted by Crippen LogP contribution is -2.42. The molecule has 1 saturated heterocycles. The van der Waals surface area contributed by atoms with Gasteiger partial charge in [0.1, 0.15) is 6.10 Å². The van der Waals surface area contributed by atoms with Crippen molar-refractivity contribution in [2.45, 2.75) is 29.9 Å². The van der Waals surface area contributed by atoms with E-state index in [0.29, 0.717) is 19.4 Å². The number of thioether (sulfide) groups is 1. The maximum Gasteiger partial charge on any atom is 0.332 e. The number of para-hydroxylation sites is 1. The summed E-state index contributed by atoms with van der Waals surface area (Å²) in [4.78, 5) is 26.2. The van der Waals surface area contributed by atoms with Crippen LogP contribution in [0.2, 0.25) is 0 Å². The van der Waals surface area contributed by atoms with Crippen LogP contribution in [-0.2, 0) is 14.3 Å². The molecule has 0 radical (unpaired) electrons. The van der Waals surface area contributed by atoms with Gasteiger partial charge in [0.2, 0.25) is 0 Å². The molecule has 2 aliphatic heterocycles. The van der Waals surface area contributed by atoms with Crippen LogP contribution in [0.3, 0.4) is 0 Å². The molecule has 1 N–H and O–H groups in total. The summed E-state index contributed by atoms with van der Waals surface area (Å²) in [7, 11) is 0. The van der Waals surface area contributed by atoms with E-state index in [1.165, 1.54) is 0 Å². The number of aliphatic carboxylic acids is 1. The average molecular weight is 293 g/mol. The topological polar surface area (TPSA) is 66.8 Å². The highest BCUT2D eigenvalue weighted by Crippen LogP contribution is 2.35. The number of carboxylic acid groups (broad SMARTS) is 1. The Morgan fingerprint density at radius 2 is 2.00 bits per heavy atom. The second-order valence-corrected chi connectivity index (χ2v) is 5.97. The second kappa shape index (κ2) is 5.46. The Hall–Kier alpha value is -1.53. The zero-order valence-electron chi connectivity index (χ0n) is 10.8. The molecular weight excluding hydrogens is 278 g/mol. The normalized spacial score (nSPS) is 25.3. The summed E-state index contributed by atoms with van der Waals surface area (Å²) in [6.07, 6.45) is -0.608. The lowest BCUT2D eigenvalue weighted by Gasteiger charge is -2.30. The lowest BCUT2D eigenvalue weighted by atomic mass is 10.1. The van der Waals surface area contributed by atoms with Crippen molar-refractivity contribution in [3.8, 4) is 0 Å². The summed E-state index contributed by atoms with van der Waals surface area (Å²) < 4.78 is 5.36. The van der Waals surface area contributed by atoms with E-state index in [0.717, 1.165) is 16.3 Å². The van der Waals surface area contributed by atoms with Crippen LogP contribution in [0.5, 0.6) is 0 Å². The maximum absolute atomic E-state index is 12.5. The number of carbonyl (C=O) groups is 2. The zero-order valence-corrected chi connectivity index (χ0v) is 11.6. The first-order chi connectivity index (χ1) is 9.66. The zero-order chi connectivity index (χ0) is 14.1. The molecule has 0 bridgehead atoms. The van der Waals surface area contributed by atoms with Gasteiger partial charge in [-0.05, 0) is 25.0 Å². The molecule has 20 heavy (non-hydrogen) atoms. The van der Waals surface area contributed by atoms with Gasteiger partial charge in [0, 0.05) is 17.2 Å². The van der Waals surface area contributed by atoms with E-state index in [4.69, 9.17) is 9.84 Å². The Bertz CT molecular complexity index is 548. The van der Waals surface area contributed by atoms with Gasteiger partial charge >= 0.3 is 5.97 Å². The molecule has 2 aliphatic rings. The second-order valence-electron chi connectivity index (χ2n) is 4.84. The highest BCUT2D eigenvalue weighted by atomic mass is 32.2. The number of anilines is 1. The molecule has 0 spiro atoms. The van der Waals surface area contributed by atoms with Crippen LogP contribution >= 0.6 is 11.8 Å². The first kappa shape index (κ1) is 13.5. The van der Waals surface area contributed by atoms with E-state index >= 15 is 0 Å². The molecule has 2 atom stereocenters. The summed E-state index contributed by atoms with van der Waals surface area (Å²) in [6, 6.07) is 7.77. The summed E-state index contributed by atoms with van der Waals surface area (Å²) in [5, 5.41) is 8.93. The monoisotopic (exact) mass is 293 g/mol. The van der Waals surface area contributed by atoms with Gasteiger partial charge in [0.15, 0.2) is 6.10 Å². The molecular formula is C14H15NO4S. The fourth-order valence-corrected chi connectivity index (χ4v) is 3.57. The van der Waals surface area contributed by atoms with E-state index in [9.17, 15) is 9.59 Å². The van der Waals surface area contributed by atoms with Crippen LogP contribution in [0.1, 0.15) is 12.8 Å². The SMILES string of the molecule is O=C(O)C1CCC(C(=O)N2CCSc3ccccc32)O1. The molecule has 0 saturated carbocycles. The van der Waals surface area contributed by atoms with Crippen LogP contribution in [-0.4, -0.2) is 41.5 Å². The number of hydrogen-bond donors (Lipinski definition) is 1. The van der Waals surface area contributed by atoms with Gasteiger partial charge in [-0.3, -0.25) is 4.79 Å². The minimum Gasteiger partial charge on any atom is -0.479 e. The molecule has 2 unspecified atom stereocenters. The van der Waals surface area contributed by atoms with Crippen molar-refractivity contribution in [2.24, 2.45) is 0 Å². The van der Waals surface area contributed by atoms with Gasteiger partial charge in [0.05, 0.1) is 5.69 Å². The highest BCUT2D eigenvalue weighted by Gasteiger charge is 2.38. The molecule has 106 valence electrons. The smallest absolute Gasteiger partial charge is 0.332 e. The molecule has 1 fully saturated rings. The molecule has 0 aliphatic carbocycles. The predicted molar refractivity (Wildman–Crippen MR) is 75.0 cm³/mol. The predicted octanol–water partition coefficient (Wildman–Crippen LogP) is 1.76. The summed E-state index contributed by atoms with van der Waals surface area (Å²) in [6.45, 7) is 0.637. The third-order valence-electron chi connectivity index (χ3n) is 3.56. The third kappa shape index (κ3) is 2.41. The maximum atomic E-state index is 12.5. The van der Waals surface area contributed by atoms with Crippen LogP contribution in [0, 0.1) is 0 Å². The molecule has 0 aromatic heterocycles. The number of rotatable bonds is 2.